The Morgan fingerprint density at radius 2 is 2.10 bits per heavy atom. The lowest BCUT2D eigenvalue weighted by molar-refractivity contribution is 0.162. The van der Waals surface area contributed by atoms with E-state index in [0.29, 0.717) is 12.8 Å². The van der Waals surface area contributed by atoms with Gasteiger partial charge in [0, 0.05) is 24.8 Å². The highest BCUT2D eigenvalue weighted by Gasteiger charge is 2.14. The first-order valence-corrected chi connectivity index (χ1v) is 7.42. The first-order chi connectivity index (χ1) is 10.3. The SMILES string of the molecule is CCn1nc(CC(O)CCc2ccco2)c2ccccc21. The zero-order chi connectivity index (χ0) is 14.7. The maximum absolute atomic E-state index is 10.3. The van der Waals surface area contributed by atoms with E-state index in [1.807, 2.05) is 28.9 Å². The maximum Gasteiger partial charge on any atom is 0.103 e. The molecule has 0 fully saturated rings. The fourth-order valence-electron chi connectivity index (χ4n) is 2.68. The van der Waals surface area contributed by atoms with Crippen LogP contribution in [0.5, 0.6) is 0 Å². The van der Waals surface area contributed by atoms with Crippen molar-refractivity contribution in [3.8, 4) is 0 Å². The molecule has 0 amide bonds. The molecule has 4 heteroatoms. The van der Waals surface area contributed by atoms with Crippen molar-refractivity contribution in [2.24, 2.45) is 0 Å². The van der Waals surface area contributed by atoms with Gasteiger partial charge in [0.1, 0.15) is 5.76 Å². The molecule has 4 nitrogen and oxygen atoms in total. The smallest absolute Gasteiger partial charge is 0.103 e. The van der Waals surface area contributed by atoms with Crippen LogP contribution in [0.2, 0.25) is 0 Å². The Morgan fingerprint density at radius 3 is 2.86 bits per heavy atom. The second-order valence-electron chi connectivity index (χ2n) is 5.26. The van der Waals surface area contributed by atoms with E-state index < -0.39 is 6.10 Å². The topological polar surface area (TPSA) is 51.2 Å². The summed E-state index contributed by atoms with van der Waals surface area (Å²) in [6.07, 6.45) is 3.27. The van der Waals surface area contributed by atoms with Gasteiger partial charge in [0.25, 0.3) is 0 Å². The Hall–Kier alpha value is -2.07. The molecule has 110 valence electrons. The van der Waals surface area contributed by atoms with Crippen molar-refractivity contribution in [2.45, 2.75) is 38.8 Å². The second kappa shape index (κ2) is 6.14. The lowest BCUT2D eigenvalue weighted by atomic mass is 10.1. The summed E-state index contributed by atoms with van der Waals surface area (Å²) in [7, 11) is 0. The van der Waals surface area contributed by atoms with Crippen LogP contribution in [-0.4, -0.2) is 21.0 Å². The highest BCUT2D eigenvalue weighted by molar-refractivity contribution is 5.81. The number of aryl methyl sites for hydroxylation is 2. The number of aliphatic hydroxyl groups is 1. The number of aliphatic hydroxyl groups excluding tert-OH is 1. The second-order valence-corrected chi connectivity index (χ2v) is 5.26. The highest BCUT2D eigenvalue weighted by Crippen LogP contribution is 2.20. The van der Waals surface area contributed by atoms with Gasteiger partial charge < -0.3 is 9.52 Å². The van der Waals surface area contributed by atoms with Gasteiger partial charge in [-0.3, -0.25) is 4.68 Å². The van der Waals surface area contributed by atoms with Crippen LogP contribution >= 0.6 is 0 Å². The zero-order valence-corrected chi connectivity index (χ0v) is 12.2. The van der Waals surface area contributed by atoms with Gasteiger partial charge in [-0.25, -0.2) is 0 Å². The standard InChI is InChI=1S/C17H20N2O2/c1-2-19-17-8-4-3-7-15(17)16(18-19)12-13(20)9-10-14-6-5-11-21-14/h3-8,11,13,20H,2,9-10,12H2,1H3. The number of para-hydroxylation sites is 1. The molecule has 3 aromatic rings. The van der Waals surface area contributed by atoms with Crippen LogP contribution in [0.15, 0.2) is 47.1 Å². The van der Waals surface area contributed by atoms with Gasteiger partial charge in [-0.05, 0) is 31.5 Å². The van der Waals surface area contributed by atoms with Crippen LogP contribution in [0.1, 0.15) is 24.8 Å². The van der Waals surface area contributed by atoms with Crippen LogP contribution < -0.4 is 0 Å². The molecule has 1 aromatic carbocycles. The predicted molar refractivity (Wildman–Crippen MR) is 82.1 cm³/mol. The molecule has 3 rings (SSSR count). The number of hydrogen-bond acceptors (Lipinski definition) is 3. The Balaban J connectivity index is 1.72. The van der Waals surface area contributed by atoms with E-state index in [9.17, 15) is 5.11 Å². The third-order valence-corrected chi connectivity index (χ3v) is 3.77. The Labute approximate surface area is 124 Å². The van der Waals surface area contributed by atoms with E-state index in [0.717, 1.165) is 35.3 Å². The molecule has 0 saturated carbocycles. The Morgan fingerprint density at radius 1 is 1.24 bits per heavy atom. The summed E-state index contributed by atoms with van der Waals surface area (Å²) in [6.45, 7) is 2.92. The molecule has 0 aliphatic rings. The number of aromatic nitrogens is 2. The average molecular weight is 284 g/mol. The molecule has 0 aliphatic carbocycles. The third-order valence-electron chi connectivity index (χ3n) is 3.77. The normalized spacial score (nSPS) is 12.9. The fourth-order valence-corrected chi connectivity index (χ4v) is 2.68. The average Bonchev–Trinajstić information content (AvgIpc) is 3.13. The molecule has 1 unspecified atom stereocenters. The number of fused-ring (bicyclic) bond motifs is 1. The maximum atomic E-state index is 10.3. The van der Waals surface area contributed by atoms with Gasteiger partial charge in [-0.1, -0.05) is 18.2 Å². The lowest BCUT2D eigenvalue weighted by Crippen LogP contribution is -2.12. The number of furan rings is 1. The van der Waals surface area contributed by atoms with Crippen molar-refractivity contribution in [1.29, 1.82) is 0 Å². The molecule has 0 radical (unpaired) electrons. The van der Waals surface area contributed by atoms with E-state index in [-0.39, 0.29) is 0 Å². The number of hydrogen-bond donors (Lipinski definition) is 1. The van der Waals surface area contributed by atoms with E-state index in [1.165, 1.54) is 0 Å². The molecular weight excluding hydrogens is 264 g/mol. The molecule has 2 heterocycles. The van der Waals surface area contributed by atoms with Crippen LogP contribution in [0.4, 0.5) is 0 Å². The van der Waals surface area contributed by atoms with Crippen molar-refractivity contribution >= 4 is 10.9 Å². The van der Waals surface area contributed by atoms with Crippen LogP contribution in [0.3, 0.4) is 0 Å². The van der Waals surface area contributed by atoms with E-state index >= 15 is 0 Å². The number of benzene rings is 1. The largest absolute Gasteiger partial charge is 0.469 e. The molecular formula is C17H20N2O2. The van der Waals surface area contributed by atoms with E-state index in [4.69, 9.17) is 4.42 Å². The van der Waals surface area contributed by atoms with E-state index in [1.54, 1.807) is 6.26 Å². The van der Waals surface area contributed by atoms with Gasteiger partial charge in [0.05, 0.1) is 23.6 Å². The molecule has 0 bridgehead atoms. The molecule has 1 atom stereocenters. The summed E-state index contributed by atoms with van der Waals surface area (Å²) >= 11 is 0. The quantitative estimate of drug-likeness (QED) is 0.756. The van der Waals surface area contributed by atoms with Crippen molar-refractivity contribution in [1.82, 2.24) is 9.78 Å². The zero-order valence-electron chi connectivity index (χ0n) is 12.2. The number of nitrogens with zero attached hydrogens (tertiary/aromatic N) is 2. The Kier molecular flexibility index (Phi) is 4.06. The van der Waals surface area contributed by atoms with E-state index in [2.05, 4.69) is 24.2 Å². The van der Waals surface area contributed by atoms with Crippen molar-refractivity contribution in [3.63, 3.8) is 0 Å². The predicted octanol–water partition coefficient (Wildman–Crippen LogP) is 3.19. The van der Waals surface area contributed by atoms with Crippen LogP contribution in [-0.2, 0) is 19.4 Å². The molecule has 0 saturated heterocycles. The summed E-state index contributed by atoms with van der Waals surface area (Å²) in [5, 5.41) is 16.0. The summed E-state index contributed by atoms with van der Waals surface area (Å²) in [5.41, 5.74) is 2.10. The van der Waals surface area contributed by atoms with Crippen molar-refractivity contribution in [2.75, 3.05) is 0 Å². The monoisotopic (exact) mass is 284 g/mol. The summed E-state index contributed by atoms with van der Waals surface area (Å²) in [4.78, 5) is 0. The summed E-state index contributed by atoms with van der Waals surface area (Å²) in [5.74, 6) is 0.915. The molecule has 1 N–H and O–H groups in total. The summed E-state index contributed by atoms with van der Waals surface area (Å²) < 4.78 is 7.28. The highest BCUT2D eigenvalue weighted by atomic mass is 16.3. The third kappa shape index (κ3) is 3.00. The Bertz CT molecular complexity index is 701. The van der Waals surface area contributed by atoms with Gasteiger partial charge in [0.15, 0.2) is 0 Å². The minimum absolute atomic E-state index is 0.404. The lowest BCUT2D eigenvalue weighted by Gasteiger charge is -2.07. The molecule has 21 heavy (non-hydrogen) atoms. The van der Waals surface area contributed by atoms with Crippen molar-refractivity contribution < 1.29 is 9.52 Å². The van der Waals surface area contributed by atoms with Gasteiger partial charge in [0.2, 0.25) is 0 Å². The summed E-state index contributed by atoms with van der Waals surface area (Å²) in [6, 6.07) is 12.0. The first kappa shape index (κ1) is 13.9. The number of rotatable bonds is 6. The van der Waals surface area contributed by atoms with Gasteiger partial charge in [-0.2, -0.15) is 5.10 Å². The fraction of sp³-hybridized carbons (Fsp3) is 0.353. The van der Waals surface area contributed by atoms with Crippen LogP contribution in [0, 0.1) is 0 Å². The van der Waals surface area contributed by atoms with Crippen molar-refractivity contribution in [3.05, 3.63) is 54.1 Å². The minimum atomic E-state index is -0.404. The van der Waals surface area contributed by atoms with Gasteiger partial charge in [-0.15, -0.1) is 0 Å². The molecule has 0 spiro atoms. The first-order valence-electron chi connectivity index (χ1n) is 7.42. The molecule has 2 aromatic heterocycles. The van der Waals surface area contributed by atoms with Gasteiger partial charge >= 0.3 is 0 Å². The molecule has 0 aliphatic heterocycles. The minimum Gasteiger partial charge on any atom is -0.469 e. The van der Waals surface area contributed by atoms with Crippen LogP contribution in [0.25, 0.3) is 10.9 Å².